The fraction of sp³-hybridized carbons (Fsp3) is 0.667. The van der Waals surface area contributed by atoms with Gasteiger partial charge in [-0.2, -0.15) is 0 Å². The number of alkyl halides is 1. The van der Waals surface area contributed by atoms with Crippen LogP contribution in [0.15, 0.2) is 0 Å². The van der Waals surface area contributed by atoms with Crippen molar-refractivity contribution in [3.8, 4) is 0 Å². The number of hydrogen-bond acceptors (Lipinski definition) is 3. The Hall–Kier alpha value is -0.930. The van der Waals surface area contributed by atoms with Crippen molar-refractivity contribution >= 4 is 11.8 Å². The monoisotopic (exact) mass is 148 g/mol. The maximum absolute atomic E-state index is 12.0. The van der Waals surface area contributed by atoms with Crippen molar-refractivity contribution in [2.75, 3.05) is 7.11 Å². The van der Waals surface area contributed by atoms with Crippen LogP contribution < -0.4 is 0 Å². The third-order valence-corrected chi connectivity index (χ3v) is 0.990. The van der Waals surface area contributed by atoms with Gasteiger partial charge in [0.25, 0.3) is 0 Å². The summed E-state index contributed by atoms with van der Waals surface area (Å²) < 4.78 is 16.2. The van der Waals surface area contributed by atoms with E-state index in [0.717, 1.165) is 14.0 Å². The van der Waals surface area contributed by atoms with Gasteiger partial charge in [-0.05, 0) is 6.92 Å². The number of ether oxygens (including phenoxy) is 1. The zero-order valence-corrected chi connectivity index (χ0v) is 5.89. The molecule has 0 saturated heterocycles. The van der Waals surface area contributed by atoms with Gasteiger partial charge >= 0.3 is 5.97 Å². The number of rotatable bonds is 3. The van der Waals surface area contributed by atoms with Crippen LogP contribution in [0.3, 0.4) is 0 Å². The Morgan fingerprint density at radius 3 is 2.40 bits per heavy atom. The van der Waals surface area contributed by atoms with E-state index in [4.69, 9.17) is 0 Å². The van der Waals surface area contributed by atoms with E-state index < -0.39 is 24.3 Å². The van der Waals surface area contributed by atoms with Crippen LogP contribution in [0.25, 0.3) is 0 Å². The first-order valence-electron chi connectivity index (χ1n) is 2.81. The first-order chi connectivity index (χ1) is 4.57. The molecule has 58 valence electrons. The molecule has 0 aliphatic carbocycles. The summed E-state index contributed by atoms with van der Waals surface area (Å²) in [4.78, 5) is 20.8. The maximum atomic E-state index is 12.0. The summed E-state index contributed by atoms with van der Waals surface area (Å²) in [6.07, 6.45) is -2.06. The zero-order valence-electron chi connectivity index (χ0n) is 5.89. The van der Waals surface area contributed by atoms with Gasteiger partial charge in [-0.15, -0.1) is 0 Å². The number of carbonyl (C=O) groups excluding carboxylic acids is 2. The predicted molar refractivity (Wildman–Crippen MR) is 32.2 cm³/mol. The van der Waals surface area contributed by atoms with Gasteiger partial charge in [-0.3, -0.25) is 9.59 Å². The molecule has 0 heterocycles. The highest BCUT2D eigenvalue weighted by Crippen LogP contribution is 1.96. The molecule has 0 spiro atoms. The summed E-state index contributed by atoms with van der Waals surface area (Å²) in [5.74, 6) is -1.44. The summed E-state index contributed by atoms with van der Waals surface area (Å²) in [7, 11) is 1.15. The molecule has 0 radical (unpaired) electrons. The molecule has 0 fully saturated rings. The fourth-order valence-electron chi connectivity index (χ4n) is 0.355. The predicted octanol–water partition coefficient (Wildman–Crippen LogP) is 0.477. The topological polar surface area (TPSA) is 43.4 Å². The molecule has 10 heavy (non-hydrogen) atoms. The number of Topliss-reactive ketones (excluding diaryl/α,β-unsaturated/α-hetero) is 1. The van der Waals surface area contributed by atoms with Crippen molar-refractivity contribution in [2.45, 2.75) is 19.5 Å². The number of carbonyl (C=O) groups is 2. The van der Waals surface area contributed by atoms with E-state index >= 15 is 0 Å². The SMILES string of the molecule is COC(=O)CC(=O)[C@H](C)F. The Kier molecular flexibility index (Phi) is 3.61. The number of hydrogen-bond donors (Lipinski definition) is 0. The number of esters is 1. The molecule has 0 rings (SSSR count). The first kappa shape index (κ1) is 9.07. The molecule has 0 bridgehead atoms. The van der Waals surface area contributed by atoms with Crippen molar-refractivity contribution < 1.29 is 18.7 Å². The molecule has 3 nitrogen and oxygen atoms in total. The Morgan fingerprint density at radius 1 is 1.60 bits per heavy atom. The van der Waals surface area contributed by atoms with Crippen molar-refractivity contribution in [2.24, 2.45) is 0 Å². The van der Waals surface area contributed by atoms with Crippen LogP contribution in [-0.4, -0.2) is 25.0 Å². The van der Waals surface area contributed by atoms with Crippen molar-refractivity contribution in [3.63, 3.8) is 0 Å². The Labute approximate surface area is 58.2 Å². The lowest BCUT2D eigenvalue weighted by atomic mass is 10.2. The fourth-order valence-corrected chi connectivity index (χ4v) is 0.355. The average Bonchev–Trinajstić information content (AvgIpc) is 1.87. The molecule has 0 unspecified atom stereocenters. The summed E-state index contributed by atoms with van der Waals surface area (Å²) in [5, 5.41) is 0. The molecule has 0 saturated carbocycles. The van der Waals surface area contributed by atoms with Crippen LogP contribution >= 0.6 is 0 Å². The molecular formula is C6H9FO3. The van der Waals surface area contributed by atoms with Crippen LogP contribution in [-0.2, 0) is 14.3 Å². The van der Waals surface area contributed by atoms with E-state index in [-0.39, 0.29) is 0 Å². The second-order valence-corrected chi connectivity index (χ2v) is 1.84. The lowest BCUT2D eigenvalue weighted by Gasteiger charge is -1.98. The van der Waals surface area contributed by atoms with Gasteiger partial charge in [0.15, 0.2) is 12.0 Å². The van der Waals surface area contributed by atoms with Gasteiger partial charge in [0, 0.05) is 0 Å². The molecule has 0 aliphatic heterocycles. The second-order valence-electron chi connectivity index (χ2n) is 1.84. The quantitative estimate of drug-likeness (QED) is 0.431. The minimum absolute atomic E-state index is 0.478. The van der Waals surface area contributed by atoms with Crippen LogP contribution in [0.1, 0.15) is 13.3 Å². The van der Waals surface area contributed by atoms with Crippen LogP contribution in [0, 0.1) is 0 Å². The Balaban J connectivity index is 3.69. The van der Waals surface area contributed by atoms with E-state index in [1.807, 2.05) is 0 Å². The van der Waals surface area contributed by atoms with E-state index in [1.165, 1.54) is 0 Å². The van der Waals surface area contributed by atoms with Crippen molar-refractivity contribution in [1.29, 1.82) is 0 Å². The molecule has 0 aromatic heterocycles. The molecule has 0 aromatic rings. The van der Waals surface area contributed by atoms with Crippen LogP contribution in [0.2, 0.25) is 0 Å². The number of ketones is 1. The molecular weight excluding hydrogens is 139 g/mol. The molecule has 1 atom stereocenters. The first-order valence-corrected chi connectivity index (χ1v) is 2.81. The molecule has 0 aromatic carbocycles. The normalized spacial score (nSPS) is 12.3. The summed E-state index contributed by atoms with van der Waals surface area (Å²) in [6.45, 7) is 1.09. The second kappa shape index (κ2) is 3.98. The molecule has 0 amide bonds. The summed E-state index contributed by atoms with van der Waals surface area (Å²) in [5.41, 5.74) is 0. The average molecular weight is 148 g/mol. The van der Waals surface area contributed by atoms with Gasteiger partial charge in [-0.1, -0.05) is 0 Å². The highest BCUT2D eigenvalue weighted by molar-refractivity contribution is 5.97. The van der Waals surface area contributed by atoms with E-state index in [0.29, 0.717) is 0 Å². The summed E-state index contributed by atoms with van der Waals surface area (Å²) in [6, 6.07) is 0. The number of methoxy groups -OCH3 is 1. The van der Waals surface area contributed by atoms with Crippen LogP contribution in [0.4, 0.5) is 4.39 Å². The molecule has 0 N–H and O–H groups in total. The van der Waals surface area contributed by atoms with Crippen molar-refractivity contribution in [3.05, 3.63) is 0 Å². The molecule has 4 heteroatoms. The third-order valence-electron chi connectivity index (χ3n) is 0.990. The van der Waals surface area contributed by atoms with E-state index in [1.54, 1.807) is 0 Å². The Bertz CT molecular complexity index is 142. The standard InChI is InChI=1S/C6H9FO3/c1-4(7)5(8)3-6(9)10-2/h4H,3H2,1-2H3/t4-/m0/s1. The highest BCUT2D eigenvalue weighted by atomic mass is 19.1. The maximum Gasteiger partial charge on any atom is 0.313 e. The molecule has 0 aliphatic rings. The largest absolute Gasteiger partial charge is 0.469 e. The summed E-state index contributed by atoms with van der Waals surface area (Å²) >= 11 is 0. The van der Waals surface area contributed by atoms with E-state index in [9.17, 15) is 14.0 Å². The van der Waals surface area contributed by atoms with E-state index in [2.05, 4.69) is 4.74 Å². The van der Waals surface area contributed by atoms with Gasteiger partial charge < -0.3 is 4.74 Å². The minimum atomic E-state index is -1.58. The lowest BCUT2D eigenvalue weighted by Crippen LogP contribution is -2.16. The minimum Gasteiger partial charge on any atom is -0.469 e. The van der Waals surface area contributed by atoms with Gasteiger partial charge in [0.1, 0.15) is 6.42 Å². The number of halogens is 1. The van der Waals surface area contributed by atoms with Crippen LogP contribution in [0.5, 0.6) is 0 Å². The highest BCUT2D eigenvalue weighted by Gasteiger charge is 2.15. The Morgan fingerprint density at radius 2 is 2.10 bits per heavy atom. The van der Waals surface area contributed by atoms with Gasteiger partial charge in [0.2, 0.25) is 0 Å². The van der Waals surface area contributed by atoms with Gasteiger partial charge in [0.05, 0.1) is 7.11 Å². The smallest absolute Gasteiger partial charge is 0.313 e. The van der Waals surface area contributed by atoms with Gasteiger partial charge in [-0.25, -0.2) is 4.39 Å². The van der Waals surface area contributed by atoms with Crippen molar-refractivity contribution in [1.82, 2.24) is 0 Å². The zero-order chi connectivity index (χ0) is 8.15. The third kappa shape index (κ3) is 3.17. The lowest BCUT2D eigenvalue weighted by molar-refractivity contribution is -0.144.